The molecule has 1 N–H and O–H groups in total. The Hall–Kier alpha value is -1.99. The molecule has 0 spiro atoms. The lowest BCUT2D eigenvalue weighted by atomic mass is 10.0. The van der Waals surface area contributed by atoms with Gasteiger partial charge in [-0.05, 0) is 42.3 Å². The molecule has 0 aliphatic carbocycles. The molecule has 0 radical (unpaired) electrons. The summed E-state index contributed by atoms with van der Waals surface area (Å²) in [6.07, 6.45) is -0.681. The van der Waals surface area contributed by atoms with Crippen molar-refractivity contribution in [3.8, 4) is 0 Å². The highest BCUT2D eigenvalue weighted by Gasteiger charge is 2.32. The van der Waals surface area contributed by atoms with E-state index in [1.54, 1.807) is 31.2 Å². The largest absolute Gasteiger partial charge is 0.465 e. The molecule has 5 nitrogen and oxygen atoms in total. The maximum atomic E-state index is 13.1. The third-order valence-electron chi connectivity index (χ3n) is 5.15. The van der Waals surface area contributed by atoms with Crippen molar-refractivity contribution in [2.75, 3.05) is 39.3 Å². The molecular weight excluding hydrogens is 395 g/mol. The van der Waals surface area contributed by atoms with Crippen LogP contribution in [0.25, 0.3) is 0 Å². The fourth-order valence-corrected chi connectivity index (χ4v) is 3.73. The van der Waals surface area contributed by atoms with Crippen molar-refractivity contribution in [3.05, 3.63) is 70.5 Å². The standard InChI is InChI=1S/C22H26ClFN2O3/c1-2-29-22(28)21(17-3-7-18(23)8-4-17)26-13-11-25(12-14-26)15-20(27)16-5-9-19(24)10-6-16/h3-10,20-21,27H,2,11-15H2,1H3/t20-,21+/m1/s1. The lowest BCUT2D eigenvalue weighted by Gasteiger charge is -2.39. The van der Waals surface area contributed by atoms with Gasteiger partial charge in [-0.2, -0.15) is 0 Å². The number of β-amino-alcohol motifs (C(OH)–C–C–N with tert-alkyl or cyclic N) is 1. The van der Waals surface area contributed by atoms with Crippen molar-refractivity contribution in [1.82, 2.24) is 9.80 Å². The van der Waals surface area contributed by atoms with E-state index in [2.05, 4.69) is 9.80 Å². The Morgan fingerprint density at radius 1 is 1.07 bits per heavy atom. The molecule has 29 heavy (non-hydrogen) atoms. The minimum atomic E-state index is -0.681. The molecule has 0 bridgehead atoms. The highest BCUT2D eigenvalue weighted by atomic mass is 35.5. The summed E-state index contributed by atoms with van der Waals surface area (Å²) in [4.78, 5) is 16.9. The van der Waals surface area contributed by atoms with Crippen LogP contribution in [0.2, 0.25) is 5.02 Å². The third-order valence-corrected chi connectivity index (χ3v) is 5.41. The van der Waals surface area contributed by atoms with Gasteiger partial charge in [0.25, 0.3) is 0 Å². The quantitative estimate of drug-likeness (QED) is 0.695. The molecule has 0 saturated carbocycles. The smallest absolute Gasteiger partial charge is 0.328 e. The number of aliphatic hydroxyl groups excluding tert-OH is 1. The van der Waals surface area contributed by atoms with Gasteiger partial charge in [0.15, 0.2) is 0 Å². The molecule has 1 aliphatic rings. The van der Waals surface area contributed by atoms with Crippen LogP contribution in [0, 0.1) is 5.82 Å². The number of aliphatic hydroxyl groups is 1. The predicted molar refractivity (Wildman–Crippen MR) is 110 cm³/mol. The lowest BCUT2D eigenvalue weighted by molar-refractivity contribution is -0.150. The summed E-state index contributed by atoms with van der Waals surface area (Å²) in [6, 6.07) is 12.7. The van der Waals surface area contributed by atoms with Gasteiger partial charge in [-0.15, -0.1) is 0 Å². The monoisotopic (exact) mass is 420 g/mol. The zero-order valence-electron chi connectivity index (χ0n) is 16.4. The van der Waals surface area contributed by atoms with Gasteiger partial charge in [-0.25, -0.2) is 9.18 Å². The minimum Gasteiger partial charge on any atom is -0.465 e. The van der Waals surface area contributed by atoms with Gasteiger partial charge < -0.3 is 9.84 Å². The second kappa shape index (κ2) is 10.2. The second-order valence-corrected chi connectivity index (χ2v) is 7.55. The summed E-state index contributed by atoms with van der Waals surface area (Å²) < 4.78 is 18.4. The highest BCUT2D eigenvalue weighted by molar-refractivity contribution is 6.30. The predicted octanol–water partition coefficient (Wildman–Crippen LogP) is 3.43. The molecule has 0 amide bonds. The highest BCUT2D eigenvalue weighted by Crippen LogP contribution is 2.26. The van der Waals surface area contributed by atoms with Crippen LogP contribution in [0.1, 0.15) is 30.2 Å². The zero-order valence-corrected chi connectivity index (χ0v) is 17.2. The van der Waals surface area contributed by atoms with Gasteiger partial charge in [-0.1, -0.05) is 35.9 Å². The average Bonchev–Trinajstić information content (AvgIpc) is 2.71. The molecule has 1 saturated heterocycles. The summed E-state index contributed by atoms with van der Waals surface area (Å²) in [5.74, 6) is -0.587. The fraction of sp³-hybridized carbons (Fsp3) is 0.409. The number of hydrogen-bond acceptors (Lipinski definition) is 5. The van der Waals surface area contributed by atoms with Crippen LogP contribution < -0.4 is 0 Å². The summed E-state index contributed by atoms with van der Waals surface area (Å²) in [5.41, 5.74) is 1.55. The number of nitrogens with zero attached hydrogens (tertiary/aromatic N) is 2. The van der Waals surface area contributed by atoms with Crippen molar-refractivity contribution in [1.29, 1.82) is 0 Å². The molecule has 3 rings (SSSR count). The van der Waals surface area contributed by atoms with E-state index in [1.807, 2.05) is 12.1 Å². The number of hydrogen-bond donors (Lipinski definition) is 1. The number of carbonyl (C=O) groups excluding carboxylic acids is 1. The first-order chi connectivity index (χ1) is 14.0. The van der Waals surface area contributed by atoms with Crippen LogP contribution in [0.4, 0.5) is 4.39 Å². The van der Waals surface area contributed by atoms with E-state index < -0.39 is 12.1 Å². The number of benzene rings is 2. The Labute approximate surface area is 175 Å². The van der Waals surface area contributed by atoms with Crippen LogP contribution in [-0.4, -0.2) is 60.2 Å². The lowest BCUT2D eigenvalue weighted by Crippen LogP contribution is -2.50. The molecule has 1 heterocycles. The zero-order chi connectivity index (χ0) is 20.8. The molecule has 1 fully saturated rings. The molecule has 2 atom stereocenters. The van der Waals surface area contributed by atoms with Gasteiger partial charge in [0.2, 0.25) is 0 Å². The first kappa shape index (κ1) is 21.7. The second-order valence-electron chi connectivity index (χ2n) is 7.11. The van der Waals surface area contributed by atoms with Gasteiger partial charge in [0.05, 0.1) is 12.7 Å². The Morgan fingerprint density at radius 2 is 1.66 bits per heavy atom. The third kappa shape index (κ3) is 5.76. The Balaban J connectivity index is 1.62. The van der Waals surface area contributed by atoms with Gasteiger partial charge >= 0.3 is 5.97 Å². The van der Waals surface area contributed by atoms with Gasteiger partial charge in [-0.3, -0.25) is 9.80 Å². The van der Waals surface area contributed by atoms with Crippen LogP contribution in [0.5, 0.6) is 0 Å². The van der Waals surface area contributed by atoms with Gasteiger partial charge in [0.1, 0.15) is 11.9 Å². The average molecular weight is 421 g/mol. The Morgan fingerprint density at radius 3 is 2.24 bits per heavy atom. The Kier molecular flexibility index (Phi) is 7.61. The van der Waals surface area contributed by atoms with E-state index in [-0.39, 0.29) is 11.8 Å². The maximum Gasteiger partial charge on any atom is 0.328 e. The molecule has 0 unspecified atom stereocenters. The number of rotatable bonds is 7. The number of carbonyl (C=O) groups is 1. The van der Waals surface area contributed by atoms with Gasteiger partial charge in [0, 0.05) is 37.7 Å². The van der Waals surface area contributed by atoms with E-state index in [9.17, 15) is 14.3 Å². The molecule has 2 aromatic rings. The number of piperazine rings is 1. The summed E-state index contributed by atoms with van der Waals surface area (Å²) in [7, 11) is 0. The maximum absolute atomic E-state index is 13.1. The van der Waals surface area contributed by atoms with E-state index >= 15 is 0 Å². The molecule has 156 valence electrons. The first-order valence-corrected chi connectivity index (χ1v) is 10.2. The Bertz CT molecular complexity index is 793. The number of esters is 1. The van der Waals surface area contributed by atoms with E-state index in [1.165, 1.54) is 12.1 Å². The molecule has 2 aromatic carbocycles. The molecule has 1 aliphatic heterocycles. The summed E-state index contributed by atoms with van der Waals surface area (Å²) >= 11 is 5.99. The van der Waals surface area contributed by atoms with Crippen molar-refractivity contribution in [2.45, 2.75) is 19.1 Å². The molecular formula is C22H26ClFN2O3. The van der Waals surface area contributed by atoms with Crippen molar-refractivity contribution >= 4 is 17.6 Å². The van der Waals surface area contributed by atoms with E-state index in [4.69, 9.17) is 16.3 Å². The van der Waals surface area contributed by atoms with E-state index in [0.717, 1.165) is 5.56 Å². The van der Waals surface area contributed by atoms with Crippen molar-refractivity contribution in [3.63, 3.8) is 0 Å². The number of ether oxygens (including phenoxy) is 1. The number of halogens is 2. The van der Waals surface area contributed by atoms with Crippen LogP contribution in [0.15, 0.2) is 48.5 Å². The van der Waals surface area contributed by atoms with Crippen LogP contribution in [-0.2, 0) is 9.53 Å². The van der Waals surface area contributed by atoms with Crippen molar-refractivity contribution < 1.29 is 19.0 Å². The molecule has 0 aromatic heterocycles. The fourth-order valence-electron chi connectivity index (χ4n) is 3.60. The molecule has 7 heteroatoms. The first-order valence-electron chi connectivity index (χ1n) is 9.80. The minimum absolute atomic E-state index is 0.269. The summed E-state index contributed by atoms with van der Waals surface area (Å²) in [6.45, 7) is 5.34. The van der Waals surface area contributed by atoms with Crippen LogP contribution in [0.3, 0.4) is 0 Å². The normalized spacial score (nSPS) is 17.7. The topological polar surface area (TPSA) is 53.0 Å². The van der Waals surface area contributed by atoms with Crippen molar-refractivity contribution in [2.24, 2.45) is 0 Å². The van der Waals surface area contributed by atoms with Crippen LogP contribution >= 0.6 is 11.6 Å². The summed E-state index contributed by atoms with van der Waals surface area (Å²) in [5, 5.41) is 11.1. The van der Waals surface area contributed by atoms with E-state index in [0.29, 0.717) is 49.9 Å². The SMILES string of the molecule is CCOC(=O)[C@H](c1ccc(Cl)cc1)N1CCN(C[C@@H](O)c2ccc(F)cc2)CC1.